The van der Waals surface area contributed by atoms with Crippen molar-refractivity contribution in [1.82, 2.24) is 20.9 Å². The first-order chi connectivity index (χ1) is 22.2. The van der Waals surface area contributed by atoms with Gasteiger partial charge in [-0.2, -0.15) is 24.9 Å². The number of aryl methyl sites for hydroxylation is 1. The molecule has 4 atom stereocenters. The van der Waals surface area contributed by atoms with E-state index in [0.717, 1.165) is 6.07 Å². The molecule has 2 aromatic carbocycles. The molecule has 3 amide bonds. The maximum absolute atomic E-state index is 14.3. The van der Waals surface area contributed by atoms with Crippen LogP contribution in [0.25, 0.3) is 10.9 Å². The van der Waals surface area contributed by atoms with Gasteiger partial charge in [0, 0.05) is 17.5 Å². The van der Waals surface area contributed by atoms with Gasteiger partial charge in [0.05, 0.1) is 28.5 Å². The van der Waals surface area contributed by atoms with Gasteiger partial charge in [0.15, 0.2) is 0 Å². The summed E-state index contributed by atoms with van der Waals surface area (Å²) in [6, 6.07) is 7.90. The molecule has 47 heavy (non-hydrogen) atoms. The summed E-state index contributed by atoms with van der Waals surface area (Å²) in [5, 5.41) is 8.79. The van der Waals surface area contributed by atoms with Gasteiger partial charge in [-0.1, -0.05) is 62.8 Å². The van der Waals surface area contributed by atoms with E-state index in [1.54, 1.807) is 12.1 Å². The second kappa shape index (κ2) is 15.1. The van der Waals surface area contributed by atoms with Crippen LogP contribution >= 0.6 is 24.0 Å². The molecule has 6 N–H and O–H groups in total. The highest BCUT2D eigenvalue weighted by Crippen LogP contribution is 2.40. The number of H-pyrrole nitrogens is 1. The predicted molar refractivity (Wildman–Crippen MR) is 179 cm³/mol. The van der Waals surface area contributed by atoms with Gasteiger partial charge in [0.25, 0.3) is 0 Å². The lowest BCUT2D eigenvalue weighted by atomic mass is 9.78. The van der Waals surface area contributed by atoms with E-state index in [0.29, 0.717) is 28.8 Å². The molecule has 1 heterocycles. The van der Waals surface area contributed by atoms with E-state index in [2.05, 4.69) is 20.9 Å². The van der Waals surface area contributed by atoms with Gasteiger partial charge < -0.3 is 26.7 Å². The molecule has 0 saturated carbocycles. The molecule has 4 rings (SSSR count). The number of thiocarbonyl (C=S) groups is 1. The van der Waals surface area contributed by atoms with Crippen molar-refractivity contribution in [2.45, 2.75) is 76.2 Å². The summed E-state index contributed by atoms with van der Waals surface area (Å²) in [5.74, 6) is -2.02. The fraction of sp³-hybridized carbons (Fsp3) is 0.455. The summed E-state index contributed by atoms with van der Waals surface area (Å²) in [5.41, 5.74) is 4.65. The first-order valence-electron chi connectivity index (χ1n) is 15.3. The van der Waals surface area contributed by atoms with Gasteiger partial charge in [-0.3, -0.25) is 14.4 Å². The van der Waals surface area contributed by atoms with Crippen LogP contribution in [0, 0.1) is 11.7 Å². The maximum Gasteiger partial charge on any atom is 0.418 e. The Hall–Kier alpha value is -3.65. The number of hydrogen-bond acceptors (Lipinski definition) is 5. The summed E-state index contributed by atoms with van der Waals surface area (Å²) >= 11 is 6.70. The smallest absolute Gasteiger partial charge is 0.392 e. The third-order valence-electron chi connectivity index (χ3n) is 8.79. The first kappa shape index (κ1) is 36.2. The zero-order chi connectivity index (χ0) is 34.5. The molecular formula is C33H39F4N5O3S2. The van der Waals surface area contributed by atoms with Crippen LogP contribution in [0.5, 0.6) is 0 Å². The lowest BCUT2D eigenvalue weighted by molar-refractivity contribution is -0.136. The highest BCUT2D eigenvalue weighted by Gasteiger charge is 2.46. The number of thioether (sulfide) groups is 1. The summed E-state index contributed by atoms with van der Waals surface area (Å²) in [7, 11) is 0. The highest BCUT2D eigenvalue weighted by atomic mass is 32.2. The monoisotopic (exact) mass is 693 g/mol. The molecule has 0 radical (unpaired) electrons. The molecule has 1 aliphatic rings. The Morgan fingerprint density at radius 3 is 2.49 bits per heavy atom. The minimum Gasteiger partial charge on any atom is -0.392 e. The fourth-order valence-corrected chi connectivity index (χ4v) is 6.72. The minimum atomic E-state index is -4.61. The van der Waals surface area contributed by atoms with Gasteiger partial charge in [0.2, 0.25) is 17.7 Å². The van der Waals surface area contributed by atoms with Crippen molar-refractivity contribution >= 4 is 57.6 Å². The van der Waals surface area contributed by atoms with E-state index in [4.69, 9.17) is 18.0 Å². The van der Waals surface area contributed by atoms with Crippen LogP contribution < -0.4 is 21.7 Å². The number of aromatic nitrogens is 1. The van der Waals surface area contributed by atoms with Crippen molar-refractivity contribution in [2.75, 3.05) is 12.0 Å². The third-order valence-corrected chi connectivity index (χ3v) is 9.69. The van der Waals surface area contributed by atoms with E-state index in [-0.39, 0.29) is 54.1 Å². The van der Waals surface area contributed by atoms with Gasteiger partial charge in [-0.15, -0.1) is 0 Å². The van der Waals surface area contributed by atoms with Crippen LogP contribution in [0.1, 0.15) is 55.5 Å². The lowest BCUT2D eigenvalue weighted by Gasteiger charge is -2.39. The number of hydrogen-bond donors (Lipinski definition) is 5. The number of benzene rings is 2. The number of nitrogens with one attached hydrogen (secondary N) is 4. The van der Waals surface area contributed by atoms with Crippen LogP contribution in [-0.4, -0.2) is 57.3 Å². The average Bonchev–Trinajstić information content (AvgIpc) is 3.39. The Balaban J connectivity index is 1.71. The quantitative estimate of drug-likeness (QED) is 0.127. The standard InChI is InChI=1S/C33H39F4N5O3S2/c1-4-18(2)27(29(38)46)41-31(45)32(14-12-24-21(17-32)20-9-7-10-22(28(20)40-24)33(35,36)37)42-30(44)25(13-15-47-3)39-26(43)16-19-8-5-6-11-23(19)34/h5-11,18,25,27,40H,4,12-17H2,1-3H3,(H2,38,46)(H,39,43)(H,41,45)(H,42,44)/t18-,25-,27?,32+/m0/s1. The second-order valence-corrected chi connectivity index (χ2v) is 13.4. The molecule has 254 valence electrons. The summed E-state index contributed by atoms with van der Waals surface area (Å²) in [4.78, 5) is 44.2. The predicted octanol–water partition coefficient (Wildman–Crippen LogP) is 4.97. The molecule has 1 aliphatic carbocycles. The summed E-state index contributed by atoms with van der Waals surface area (Å²) < 4.78 is 55.9. The second-order valence-electron chi connectivity index (χ2n) is 12.0. The molecule has 0 bridgehead atoms. The Morgan fingerprint density at radius 1 is 1.13 bits per heavy atom. The fourth-order valence-electron chi connectivity index (χ4n) is 5.96. The number of aromatic amines is 1. The van der Waals surface area contributed by atoms with Crippen molar-refractivity contribution in [3.8, 4) is 0 Å². The Kier molecular flexibility index (Phi) is 11.6. The largest absolute Gasteiger partial charge is 0.418 e. The molecule has 0 fully saturated rings. The van der Waals surface area contributed by atoms with Crippen molar-refractivity contribution in [1.29, 1.82) is 0 Å². The van der Waals surface area contributed by atoms with Crippen molar-refractivity contribution in [3.05, 3.63) is 70.7 Å². The molecule has 8 nitrogen and oxygen atoms in total. The van der Waals surface area contributed by atoms with E-state index in [9.17, 15) is 31.9 Å². The molecule has 0 aliphatic heterocycles. The normalized spacial score (nSPS) is 18.1. The van der Waals surface area contributed by atoms with Crippen LogP contribution in [-0.2, 0) is 39.8 Å². The Morgan fingerprint density at radius 2 is 1.85 bits per heavy atom. The number of carbonyl (C=O) groups is 3. The average molecular weight is 694 g/mol. The highest BCUT2D eigenvalue weighted by molar-refractivity contribution is 7.98. The Labute approximate surface area is 280 Å². The number of alkyl halides is 3. The maximum atomic E-state index is 14.3. The van der Waals surface area contributed by atoms with Gasteiger partial charge in [-0.05, 0) is 60.4 Å². The molecule has 0 spiro atoms. The Bertz CT molecular complexity index is 1650. The van der Waals surface area contributed by atoms with Crippen molar-refractivity contribution in [3.63, 3.8) is 0 Å². The minimum absolute atomic E-state index is 0.0503. The number of para-hydroxylation sites is 1. The SMILES string of the molecule is CC[C@H](C)C(NC(=O)[C@@]1(NC(=O)[C@H](CCSC)NC(=O)Cc2ccccc2F)CCc2[nH]c3c(C(F)(F)F)cccc3c2C1)C(N)=S. The van der Waals surface area contributed by atoms with E-state index < -0.39 is 52.9 Å². The first-order valence-corrected chi connectivity index (χ1v) is 17.1. The molecule has 14 heteroatoms. The zero-order valence-corrected chi connectivity index (χ0v) is 28.0. The van der Waals surface area contributed by atoms with E-state index in [1.807, 2.05) is 20.1 Å². The van der Waals surface area contributed by atoms with Crippen molar-refractivity contribution < 1.29 is 31.9 Å². The molecular weight excluding hydrogens is 655 g/mol. The molecule has 0 saturated heterocycles. The number of carbonyl (C=O) groups excluding carboxylic acids is 3. The van der Waals surface area contributed by atoms with Crippen molar-refractivity contribution in [2.24, 2.45) is 11.7 Å². The van der Waals surface area contributed by atoms with Crippen LogP contribution in [0.15, 0.2) is 42.5 Å². The molecule has 3 aromatic rings. The topological polar surface area (TPSA) is 129 Å². The third kappa shape index (κ3) is 8.26. The van der Waals surface area contributed by atoms with Gasteiger partial charge in [-0.25, -0.2) is 4.39 Å². The lowest BCUT2D eigenvalue weighted by Crippen LogP contribution is -2.66. The molecule has 1 aromatic heterocycles. The number of nitrogens with two attached hydrogens (primary N) is 1. The number of halogens is 4. The number of amides is 3. The van der Waals surface area contributed by atoms with Crippen LogP contribution in [0.2, 0.25) is 0 Å². The number of fused-ring (bicyclic) bond motifs is 3. The van der Waals surface area contributed by atoms with Gasteiger partial charge in [0.1, 0.15) is 17.4 Å². The summed E-state index contributed by atoms with van der Waals surface area (Å²) in [6.07, 6.45) is -2.13. The van der Waals surface area contributed by atoms with Gasteiger partial charge >= 0.3 is 6.18 Å². The van der Waals surface area contributed by atoms with Crippen LogP contribution in [0.4, 0.5) is 17.6 Å². The van der Waals surface area contributed by atoms with E-state index in [1.165, 1.54) is 36.0 Å². The summed E-state index contributed by atoms with van der Waals surface area (Å²) in [6.45, 7) is 3.78. The number of rotatable bonds is 13. The zero-order valence-electron chi connectivity index (χ0n) is 26.4. The van der Waals surface area contributed by atoms with Crippen LogP contribution in [0.3, 0.4) is 0 Å². The van der Waals surface area contributed by atoms with E-state index >= 15 is 0 Å². The molecule has 1 unspecified atom stereocenters.